The fourth-order valence-electron chi connectivity index (χ4n) is 3.09. The molecule has 1 saturated heterocycles. The number of rotatable bonds is 6. The van der Waals surface area contributed by atoms with Crippen LogP contribution in [-0.2, 0) is 26.2 Å². The predicted molar refractivity (Wildman–Crippen MR) is 101 cm³/mol. The zero-order valence-electron chi connectivity index (χ0n) is 15.4. The monoisotopic (exact) mass is 422 g/mol. The van der Waals surface area contributed by atoms with E-state index >= 15 is 0 Å². The van der Waals surface area contributed by atoms with Crippen molar-refractivity contribution in [2.24, 2.45) is 5.92 Å². The van der Waals surface area contributed by atoms with Gasteiger partial charge in [-0.3, -0.25) is 14.9 Å². The summed E-state index contributed by atoms with van der Waals surface area (Å²) >= 11 is 0. The first-order chi connectivity index (χ1) is 13.8. The molecule has 8 nitrogen and oxygen atoms in total. The molecule has 154 valence electrons. The second kappa shape index (κ2) is 8.66. The molecule has 0 aliphatic carbocycles. The van der Waals surface area contributed by atoms with Crippen LogP contribution < -0.4 is 0 Å². The van der Waals surface area contributed by atoms with Crippen molar-refractivity contribution in [1.82, 2.24) is 4.31 Å². The number of nitrogens with zero attached hydrogens (tertiary/aromatic N) is 2. The highest BCUT2D eigenvalue weighted by Crippen LogP contribution is 2.25. The van der Waals surface area contributed by atoms with Gasteiger partial charge in [-0.2, -0.15) is 4.31 Å². The minimum absolute atomic E-state index is 0.0151. The molecule has 1 heterocycles. The maximum absolute atomic E-state index is 13.1. The molecule has 2 aromatic rings. The van der Waals surface area contributed by atoms with Crippen LogP contribution in [0.5, 0.6) is 0 Å². The third-order valence-corrected chi connectivity index (χ3v) is 6.58. The third-order valence-electron chi connectivity index (χ3n) is 4.70. The van der Waals surface area contributed by atoms with Crippen LogP contribution in [-0.4, -0.2) is 36.7 Å². The smallest absolute Gasteiger partial charge is 0.310 e. The van der Waals surface area contributed by atoms with Gasteiger partial charge in [0.15, 0.2) is 0 Å². The summed E-state index contributed by atoms with van der Waals surface area (Å²) in [5, 5.41) is 10.7. The number of piperidine rings is 1. The Kier molecular flexibility index (Phi) is 6.23. The summed E-state index contributed by atoms with van der Waals surface area (Å²) in [6, 6.07) is 10.2. The fraction of sp³-hybridized carbons (Fsp3) is 0.316. The molecule has 0 spiro atoms. The van der Waals surface area contributed by atoms with Gasteiger partial charge in [-0.25, -0.2) is 12.8 Å². The van der Waals surface area contributed by atoms with Crippen LogP contribution in [0, 0.1) is 21.8 Å². The van der Waals surface area contributed by atoms with Crippen molar-refractivity contribution in [3.8, 4) is 0 Å². The van der Waals surface area contributed by atoms with Crippen LogP contribution in [0.4, 0.5) is 10.1 Å². The molecule has 1 fully saturated rings. The molecule has 3 rings (SSSR count). The van der Waals surface area contributed by atoms with Gasteiger partial charge < -0.3 is 4.74 Å². The Morgan fingerprint density at radius 2 is 1.83 bits per heavy atom. The standard InChI is InChI=1S/C19H19FN2O6S/c20-16-5-9-18(10-6-16)29(26,27)21-11-1-2-15(12-21)19(23)28-13-14-3-7-17(8-4-14)22(24)25/h3-10,15H,1-2,11-13H2. The molecule has 1 unspecified atom stereocenters. The number of halogens is 1. The Labute approximate surface area is 167 Å². The van der Waals surface area contributed by atoms with Gasteiger partial charge in [0.2, 0.25) is 10.0 Å². The highest BCUT2D eigenvalue weighted by Gasteiger charge is 2.34. The Hall–Kier alpha value is -2.85. The van der Waals surface area contributed by atoms with E-state index in [0.29, 0.717) is 18.4 Å². The summed E-state index contributed by atoms with van der Waals surface area (Å²) < 4.78 is 45.0. The first-order valence-electron chi connectivity index (χ1n) is 8.93. The van der Waals surface area contributed by atoms with Crippen LogP contribution in [0.15, 0.2) is 53.4 Å². The molecule has 1 aliphatic rings. The predicted octanol–water partition coefficient (Wildman–Crippen LogP) is 2.88. The summed E-state index contributed by atoms with van der Waals surface area (Å²) in [5.74, 6) is -1.67. The van der Waals surface area contributed by atoms with Crippen LogP contribution in [0.3, 0.4) is 0 Å². The van der Waals surface area contributed by atoms with E-state index in [1.807, 2.05) is 0 Å². The van der Waals surface area contributed by atoms with Crippen molar-refractivity contribution in [2.45, 2.75) is 24.3 Å². The lowest BCUT2D eigenvalue weighted by Crippen LogP contribution is -2.42. The van der Waals surface area contributed by atoms with E-state index in [4.69, 9.17) is 4.74 Å². The normalized spacial score (nSPS) is 17.6. The maximum Gasteiger partial charge on any atom is 0.310 e. The van der Waals surface area contributed by atoms with Gasteiger partial charge in [0, 0.05) is 25.2 Å². The van der Waals surface area contributed by atoms with E-state index in [-0.39, 0.29) is 30.3 Å². The molecule has 0 radical (unpaired) electrons. The molecule has 0 N–H and O–H groups in total. The van der Waals surface area contributed by atoms with Crippen molar-refractivity contribution < 1.29 is 27.3 Å². The number of nitro groups is 1. The van der Waals surface area contributed by atoms with E-state index in [0.717, 1.165) is 12.1 Å². The minimum atomic E-state index is -3.83. The zero-order chi connectivity index (χ0) is 21.0. The molecule has 29 heavy (non-hydrogen) atoms. The van der Waals surface area contributed by atoms with Gasteiger partial charge in [-0.05, 0) is 54.8 Å². The van der Waals surface area contributed by atoms with Crippen LogP contribution in [0.2, 0.25) is 0 Å². The first-order valence-corrected chi connectivity index (χ1v) is 10.4. The lowest BCUT2D eigenvalue weighted by molar-refractivity contribution is -0.384. The van der Waals surface area contributed by atoms with Gasteiger partial charge in [0.05, 0.1) is 15.7 Å². The van der Waals surface area contributed by atoms with E-state index in [1.165, 1.54) is 40.7 Å². The minimum Gasteiger partial charge on any atom is -0.461 e. The van der Waals surface area contributed by atoms with Crippen molar-refractivity contribution in [1.29, 1.82) is 0 Å². The number of hydrogen-bond donors (Lipinski definition) is 0. The van der Waals surface area contributed by atoms with Gasteiger partial charge >= 0.3 is 5.97 Å². The highest BCUT2D eigenvalue weighted by atomic mass is 32.2. The third kappa shape index (κ3) is 4.96. The Balaban J connectivity index is 1.61. The maximum atomic E-state index is 13.1. The molecule has 0 bridgehead atoms. The molecular formula is C19H19FN2O6S. The lowest BCUT2D eigenvalue weighted by atomic mass is 10.00. The van der Waals surface area contributed by atoms with Gasteiger partial charge in [-0.1, -0.05) is 0 Å². The Bertz CT molecular complexity index is 992. The van der Waals surface area contributed by atoms with Gasteiger partial charge in [-0.15, -0.1) is 0 Å². The number of ether oxygens (including phenoxy) is 1. The van der Waals surface area contributed by atoms with Crippen molar-refractivity contribution in [2.75, 3.05) is 13.1 Å². The number of benzene rings is 2. The van der Waals surface area contributed by atoms with Gasteiger partial charge in [0.1, 0.15) is 12.4 Å². The topological polar surface area (TPSA) is 107 Å². The average molecular weight is 422 g/mol. The van der Waals surface area contributed by atoms with Gasteiger partial charge in [0.25, 0.3) is 5.69 Å². The molecule has 10 heteroatoms. The number of esters is 1. The molecule has 0 amide bonds. The molecule has 0 aromatic heterocycles. The average Bonchev–Trinajstić information content (AvgIpc) is 2.72. The Morgan fingerprint density at radius 3 is 2.45 bits per heavy atom. The molecule has 1 atom stereocenters. The largest absolute Gasteiger partial charge is 0.461 e. The zero-order valence-corrected chi connectivity index (χ0v) is 16.2. The highest BCUT2D eigenvalue weighted by molar-refractivity contribution is 7.89. The van der Waals surface area contributed by atoms with Crippen LogP contribution >= 0.6 is 0 Å². The molecule has 1 aliphatic heterocycles. The number of nitro benzene ring substituents is 1. The summed E-state index contributed by atoms with van der Waals surface area (Å²) in [7, 11) is -3.83. The number of sulfonamides is 1. The van der Waals surface area contributed by atoms with Crippen LogP contribution in [0.1, 0.15) is 18.4 Å². The van der Waals surface area contributed by atoms with E-state index in [1.54, 1.807) is 0 Å². The second-order valence-corrected chi connectivity index (χ2v) is 8.63. The quantitative estimate of drug-likeness (QED) is 0.403. The fourth-order valence-corrected chi connectivity index (χ4v) is 4.62. The number of carbonyl (C=O) groups is 1. The lowest BCUT2D eigenvalue weighted by Gasteiger charge is -2.30. The SMILES string of the molecule is O=C(OCc1ccc([N+](=O)[O-])cc1)C1CCCN(S(=O)(=O)c2ccc(F)cc2)C1. The summed E-state index contributed by atoms with van der Waals surface area (Å²) in [6.07, 6.45) is 0.992. The molecule has 2 aromatic carbocycles. The second-order valence-electron chi connectivity index (χ2n) is 6.69. The van der Waals surface area contributed by atoms with Crippen molar-refractivity contribution in [3.05, 3.63) is 70.0 Å². The Morgan fingerprint density at radius 1 is 1.17 bits per heavy atom. The summed E-state index contributed by atoms with van der Waals surface area (Å²) in [4.78, 5) is 22.5. The number of non-ortho nitro benzene ring substituents is 1. The molecular weight excluding hydrogens is 403 g/mol. The van der Waals surface area contributed by atoms with Crippen molar-refractivity contribution >= 4 is 21.7 Å². The number of carbonyl (C=O) groups excluding carboxylic acids is 1. The van der Waals surface area contributed by atoms with Crippen LogP contribution in [0.25, 0.3) is 0 Å². The van der Waals surface area contributed by atoms with E-state index in [9.17, 15) is 27.7 Å². The first kappa shape index (κ1) is 20.9. The molecule has 0 saturated carbocycles. The van der Waals surface area contributed by atoms with E-state index in [2.05, 4.69) is 0 Å². The van der Waals surface area contributed by atoms with E-state index < -0.39 is 32.7 Å². The number of hydrogen-bond acceptors (Lipinski definition) is 6. The summed E-state index contributed by atoms with van der Waals surface area (Å²) in [5.41, 5.74) is 0.532. The summed E-state index contributed by atoms with van der Waals surface area (Å²) in [6.45, 7) is 0.197. The van der Waals surface area contributed by atoms with Crippen molar-refractivity contribution in [3.63, 3.8) is 0 Å².